The van der Waals surface area contributed by atoms with E-state index in [0.29, 0.717) is 24.3 Å². The van der Waals surface area contributed by atoms with Crippen LogP contribution in [0.1, 0.15) is 25.3 Å². The van der Waals surface area contributed by atoms with Gasteiger partial charge in [-0.3, -0.25) is 0 Å². The van der Waals surface area contributed by atoms with Gasteiger partial charge in [0.15, 0.2) is 0 Å². The van der Waals surface area contributed by atoms with E-state index in [0.717, 1.165) is 12.8 Å². The standard InChI is InChI=1S/C14H22N2O3S/c1-11-5-6-12(15)9-13(11)20(17,18)16-8-4-7-14(2,10-16)19-3/h5-6,9H,4,7-8,10,15H2,1-3H3. The van der Waals surface area contributed by atoms with Crippen LogP contribution in [0.25, 0.3) is 0 Å². The quantitative estimate of drug-likeness (QED) is 0.863. The van der Waals surface area contributed by atoms with Gasteiger partial charge in [0.2, 0.25) is 10.0 Å². The van der Waals surface area contributed by atoms with Crippen LogP contribution in [0.2, 0.25) is 0 Å². The third kappa shape index (κ3) is 2.82. The van der Waals surface area contributed by atoms with E-state index in [9.17, 15) is 8.42 Å². The number of piperidine rings is 1. The van der Waals surface area contributed by atoms with Crippen LogP contribution in [0.5, 0.6) is 0 Å². The summed E-state index contributed by atoms with van der Waals surface area (Å²) in [5, 5.41) is 0. The van der Waals surface area contributed by atoms with E-state index in [-0.39, 0.29) is 4.90 Å². The molecule has 6 heteroatoms. The molecule has 1 aliphatic rings. The zero-order chi connectivity index (χ0) is 15.0. The van der Waals surface area contributed by atoms with Crippen LogP contribution in [-0.4, -0.2) is 38.5 Å². The average molecular weight is 298 g/mol. The Bertz CT molecular complexity index is 600. The average Bonchev–Trinajstić information content (AvgIpc) is 2.41. The molecule has 1 atom stereocenters. The summed E-state index contributed by atoms with van der Waals surface area (Å²) in [7, 11) is -1.90. The highest BCUT2D eigenvalue weighted by Gasteiger charge is 2.37. The van der Waals surface area contributed by atoms with Crippen molar-refractivity contribution >= 4 is 15.7 Å². The van der Waals surface area contributed by atoms with Gasteiger partial charge in [-0.05, 0) is 44.4 Å². The lowest BCUT2D eigenvalue weighted by Crippen LogP contribution is -2.49. The number of ether oxygens (including phenoxy) is 1. The molecule has 0 aliphatic carbocycles. The van der Waals surface area contributed by atoms with Crippen molar-refractivity contribution < 1.29 is 13.2 Å². The van der Waals surface area contributed by atoms with Crippen molar-refractivity contribution in [3.8, 4) is 0 Å². The molecule has 0 radical (unpaired) electrons. The number of nitrogens with two attached hydrogens (primary N) is 1. The van der Waals surface area contributed by atoms with Gasteiger partial charge < -0.3 is 10.5 Å². The van der Waals surface area contributed by atoms with Crippen LogP contribution in [0, 0.1) is 6.92 Å². The summed E-state index contributed by atoms with van der Waals surface area (Å²) >= 11 is 0. The molecule has 5 nitrogen and oxygen atoms in total. The summed E-state index contributed by atoms with van der Waals surface area (Å²) in [5.74, 6) is 0. The second kappa shape index (κ2) is 5.35. The number of benzene rings is 1. The Balaban J connectivity index is 2.37. The number of rotatable bonds is 3. The Morgan fingerprint density at radius 1 is 1.40 bits per heavy atom. The van der Waals surface area contributed by atoms with E-state index in [4.69, 9.17) is 10.5 Å². The topological polar surface area (TPSA) is 72.6 Å². The molecule has 1 heterocycles. The van der Waals surface area contributed by atoms with Crippen LogP contribution in [0.4, 0.5) is 5.69 Å². The number of aryl methyl sites for hydroxylation is 1. The van der Waals surface area contributed by atoms with Crippen molar-refractivity contribution in [1.82, 2.24) is 4.31 Å². The first kappa shape index (κ1) is 15.3. The zero-order valence-corrected chi connectivity index (χ0v) is 13.0. The van der Waals surface area contributed by atoms with Crippen molar-refractivity contribution in [2.45, 2.75) is 37.2 Å². The predicted octanol–water partition coefficient (Wildman–Crippen LogP) is 1.77. The summed E-state index contributed by atoms with van der Waals surface area (Å²) in [5.41, 5.74) is 6.48. The Kier molecular flexibility index (Phi) is 4.09. The van der Waals surface area contributed by atoms with Crippen molar-refractivity contribution in [2.75, 3.05) is 25.9 Å². The van der Waals surface area contributed by atoms with E-state index < -0.39 is 15.6 Å². The predicted molar refractivity (Wildman–Crippen MR) is 79.0 cm³/mol. The third-order valence-corrected chi connectivity index (χ3v) is 5.93. The summed E-state index contributed by atoms with van der Waals surface area (Å²) in [6.07, 6.45) is 1.66. The first-order valence-electron chi connectivity index (χ1n) is 6.70. The number of hydrogen-bond donors (Lipinski definition) is 1. The smallest absolute Gasteiger partial charge is 0.243 e. The van der Waals surface area contributed by atoms with E-state index in [1.165, 1.54) is 10.4 Å². The second-order valence-corrected chi connectivity index (χ2v) is 7.53. The highest BCUT2D eigenvalue weighted by atomic mass is 32.2. The Hall–Kier alpha value is -1.11. The van der Waals surface area contributed by atoms with Crippen molar-refractivity contribution in [2.24, 2.45) is 0 Å². The van der Waals surface area contributed by atoms with Crippen LogP contribution in [-0.2, 0) is 14.8 Å². The molecule has 2 rings (SSSR count). The maximum atomic E-state index is 12.8. The summed E-state index contributed by atoms with van der Waals surface area (Å²) in [6, 6.07) is 4.98. The highest BCUT2D eigenvalue weighted by molar-refractivity contribution is 7.89. The fourth-order valence-corrected chi connectivity index (χ4v) is 4.42. The van der Waals surface area contributed by atoms with Gasteiger partial charge in [-0.15, -0.1) is 0 Å². The number of anilines is 1. The van der Waals surface area contributed by atoms with Crippen LogP contribution in [0.15, 0.2) is 23.1 Å². The minimum atomic E-state index is -3.52. The summed E-state index contributed by atoms with van der Waals surface area (Å²) in [4.78, 5) is 0.290. The van der Waals surface area contributed by atoms with Crippen molar-refractivity contribution in [1.29, 1.82) is 0 Å². The fraction of sp³-hybridized carbons (Fsp3) is 0.571. The molecule has 0 bridgehead atoms. The molecule has 0 amide bonds. The number of nitrogen functional groups attached to an aromatic ring is 1. The first-order valence-corrected chi connectivity index (χ1v) is 8.14. The minimum Gasteiger partial charge on any atom is -0.399 e. The minimum absolute atomic E-state index is 0.290. The maximum absolute atomic E-state index is 12.8. The Labute approximate surface area is 120 Å². The molecule has 1 aliphatic heterocycles. The number of methoxy groups -OCH3 is 1. The van der Waals surface area contributed by atoms with Gasteiger partial charge in [-0.1, -0.05) is 6.07 Å². The maximum Gasteiger partial charge on any atom is 0.243 e. The molecule has 1 fully saturated rings. The molecule has 2 N–H and O–H groups in total. The van der Waals surface area contributed by atoms with Gasteiger partial charge in [-0.2, -0.15) is 4.31 Å². The molecule has 20 heavy (non-hydrogen) atoms. The molecule has 0 aromatic heterocycles. The van der Waals surface area contributed by atoms with Gasteiger partial charge in [0.05, 0.1) is 10.5 Å². The van der Waals surface area contributed by atoms with E-state index >= 15 is 0 Å². The van der Waals surface area contributed by atoms with Gasteiger partial charge in [0.1, 0.15) is 0 Å². The Morgan fingerprint density at radius 3 is 2.75 bits per heavy atom. The normalized spacial score (nSPS) is 24.8. The highest BCUT2D eigenvalue weighted by Crippen LogP contribution is 2.30. The molecule has 1 aromatic carbocycles. The summed E-state index contributed by atoms with van der Waals surface area (Å²) in [6.45, 7) is 4.63. The molecule has 1 aromatic rings. The summed E-state index contributed by atoms with van der Waals surface area (Å²) < 4.78 is 32.5. The zero-order valence-electron chi connectivity index (χ0n) is 12.2. The largest absolute Gasteiger partial charge is 0.399 e. The first-order chi connectivity index (χ1) is 9.28. The molecular weight excluding hydrogens is 276 g/mol. The van der Waals surface area contributed by atoms with Crippen molar-refractivity contribution in [3.05, 3.63) is 23.8 Å². The van der Waals surface area contributed by atoms with Crippen LogP contribution in [0.3, 0.4) is 0 Å². The lowest BCUT2D eigenvalue weighted by atomic mass is 9.96. The van der Waals surface area contributed by atoms with Crippen LogP contribution < -0.4 is 5.73 Å². The number of nitrogens with zero attached hydrogens (tertiary/aromatic N) is 1. The van der Waals surface area contributed by atoms with Gasteiger partial charge in [0, 0.05) is 25.9 Å². The molecule has 1 unspecified atom stereocenters. The van der Waals surface area contributed by atoms with Crippen molar-refractivity contribution in [3.63, 3.8) is 0 Å². The molecule has 112 valence electrons. The van der Waals surface area contributed by atoms with E-state index in [2.05, 4.69) is 0 Å². The molecule has 0 spiro atoms. The lowest BCUT2D eigenvalue weighted by Gasteiger charge is -2.38. The number of sulfonamides is 1. The van der Waals surface area contributed by atoms with Gasteiger partial charge >= 0.3 is 0 Å². The molecular formula is C14H22N2O3S. The SMILES string of the molecule is COC1(C)CCCN(S(=O)(=O)c2cc(N)ccc2C)C1. The van der Waals surface area contributed by atoms with Gasteiger partial charge in [-0.25, -0.2) is 8.42 Å². The monoisotopic (exact) mass is 298 g/mol. The molecule has 1 saturated heterocycles. The van der Waals surface area contributed by atoms with E-state index in [1.807, 2.05) is 6.92 Å². The second-order valence-electron chi connectivity index (χ2n) is 5.62. The fourth-order valence-electron chi connectivity index (χ4n) is 2.57. The van der Waals surface area contributed by atoms with E-state index in [1.54, 1.807) is 26.2 Å². The van der Waals surface area contributed by atoms with Crippen LogP contribution >= 0.6 is 0 Å². The Morgan fingerprint density at radius 2 is 2.10 bits per heavy atom. The third-order valence-electron chi connectivity index (χ3n) is 3.95. The lowest BCUT2D eigenvalue weighted by molar-refractivity contribution is -0.0319. The molecule has 0 saturated carbocycles. The number of hydrogen-bond acceptors (Lipinski definition) is 4. The van der Waals surface area contributed by atoms with Gasteiger partial charge in [0.25, 0.3) is 0 Å².